The van der Waals surface area contributed by atoms with E-state index in [1.807, 2.05) is 35.0 Å². The van der Waals surface area contributed by atoms with Gasteiger partial charge in [0.2, 0.25) is 0 Å². The van der Waals surface area contributed by atoms with Gasteiger partial charge in [-0.05, 0) is 67.8 Å². The lowest BCUT2D eigenvalue weighted by molar-refractivity contribution is 0.571. The highest BCUT2D eigenvalue weighted by molar-refractivity contribution is 5.63. The van der Waals surface area contributed by atoms with Crippen LogP contribution < -0.4 is 15.1 Å². The molecule has 6 rings (SSSR count). The molecule has 5 heterocycles. The van der Waals surface area contributed by atoms with E-state index in [4.69, 9.17) is 10.1 Å². The van der Waals surface area contributed by atoms with Crippen LogP contribution in [0, 0.1) is 5.82 Å². The van der Waals surface area contributed by atoms with Crippen molar-refractivity contribution >= 4 is 17.3 Å². The highest BCUT2D eigenvalue weighted by Gasteiger charge is 2.28. The van der Waals surface area contributed by atoms with Gasteiger partial charge in [-0.25, -0.2) is 18.9 Å². The zero-order chi connectivity index (χ0) is 23.8. The molecule has 1 N–H and O–H groups in total. The van der Waals surface area contributed by atoms with E-state index >= 15 is 0 Å². The molecule has 7 nitrogen and oxygen atoms in total. The standard InChI is InChI=1S/C27H30FN7/c1-2-29-21-13-15-33(18-21)26-10-4-8-22(31-26)24-17-30-25-11-12-27(32-35(24)25)34-14-5-9-23(34)19-6-3-7-20(28)16-19/h3-4,6-8,10-12,16-17,21,23,29H,2,5,9,13-15,18H2,1H3/t21-,23+/m0/s1. The molecule has 4 aromatic rings. The number of hydrogen-bond acceptors (Lipinski definition) is 6. The van der Waals surface area contributed by atoms with Crippen molar-refractivity contribution in [3.63, 3.8) is 0 Å². The molecule has 3 aromatic heterocycles. The van der Waals surface area contributed by atoms with Gasteiger partial charge in [-0.2, -0.15) is 0 Å². The van der Waals surface area contributed by atoms with Crippen molar-refractivity contribution in [2.75, 3.05) is 36.0 Å². The number of imidazole rings is 1. The summed E-state index contributed by atoms with van der Waals surface area (Å²) in [4.78, 5) is 14.2. The summed E-state index contributed by atoms with van der Waals surface area (Å²) in [7, 11) is 0. The third-order valence-electron chi connectivity index (χ3n) is 7.13. The molecular weight excluding hydrogens is 441 g/mol. The molecule has 0 spiro atoms. The summed E-state index contributed by atoms with van der Waals surface area (Å²) in [5, 5.41) is 8.52. The minimum atomic E-state index is -0.199. The van der Waals surface area contributed by atoms with Crippen molar-refractivity contribution in [2.45, 2.75) is 38.3 Å². The average molecular weight is 472 g/mol. The number of aromatic nitrogens is 4. The molecule has 8 heteroatoms. The number of nitrogens with one attached hydrogen (secondary N) is 1. The van der Waals surface area contributed by atoms with E-state index in [1.54, 1.807) is 12.1 Å². The molecule has 2 aliphatic rings. The zero-order valence-electron chi connectivity index (χ0n) is 19.9. The fraction of sp³-hybridized carbons (Fsp3) is 0.370. The number of likely N-dealkylation sites (N-methyl/N-ethyl adjacent to an activating group) is 1. The van der Waals surface area contributed by atoms with Crippen molar-refractivity contribution in [3.8, 4) is 11.4 Å². The first-order valence-corrected chi connectivity index (χ1v) is 12.5. The van der Waals surface area contributed by atoms with Crippen LogP contribution in [0.5, 0.6) is 0 Å². The molecule has 2 aliphatic heterocycles. The quantitative estimate of drug-likeness (QED) is 0.448. The lowest BCUT2D eigenvalue weighted by Crippen LogP contribution is -2.32. The maximum Gasteiger partial charge on any atom is 0.154 e. The number of halogens is 1. The van der Waals surface area contributed by atoms with E-state index in [-0.39, 0.29) is 11.9 Å². The molecule has 35 heavy (non-hydrogen) atoms. The van der Waals surface area contributed by atoms with E-state index in [2.05, 4.69) is 39.2 Å². The number of anilines is 2. The molecule has 0 amide bonds. The number of hydrogen-bond donors (Lipinski definition) is 1. The summed E-state index contributed by atoms with van der Waals surface area (Å²) in [6, 6.07) is 17.7. The Balaban J connectivity index is 1.31. The molecule has 0 unspecified atom stereocenters. The highest BCUT2D eigenvalue weighted by Crippen LogP contribution is 2.35. The van der Waals surface area contributed by atoms with Crippen molar-refractivity contribution in [1.82, 2.24) is 24.9 Å². The molecule has 0 saturated carbocycles. The van der Waals surface area contributed by atoms with Crippen molar-refractivity contribution in [2.24, 2.45) is 0 Å². The maximum atomic E-state index is 13.9. The smallest absolute Gasteiger partial charge is 0.154 e. The Morgan fingerprint density at radius 1 is 1.03 bits per heavy atom. The lowest BCUT2D eigenvalue weighted by Gasteiger charge is -2.26. The van der Waals surface area contributed by atoms with Gasteiger partial charge in [-0.15, -0.1) is 5.10 Å². The summed E-state index contributed by atoms with van der Waals surface area (Å²) >= 11 is 0. The van der Waals surface area contributed by atoms with Crippen LogP contribution in [0.25, 0.3) is 17.0 Å². The molecule has 2 fully saturated rings. The van der Waals surface area contributed by atoms with Crippen LogP contribution in [0.3, 0.4) is 0 Å². The summed E-state index contributed by atoms with van der Waals surface area (Å²) in [5.74, 6) is 1.66. The van der Waals surface area contributed by atoms with Gasteiger partial charge in [0.1, 0.15) is 23.1 Å². The van der Waals surface area contributed by atoms with Gasteiger partial charge in [0, 0.05) is 25.7 Å². The minimum Gasteiger partial charge on any atom is -0.355 e. The van der Waals surface area contributed by atoms with Crippen molar-refractivity contribution in [3.05, 3.63) is 72.2 Å². The van der Waals surface area contributed by atoms with E-state index in [1.165, 1.54) is 6.07 Å². The molecular formula is C27H30FN7. The van der Waals surface area contributed by atoms with Gasteiger partial charge in [0.05, 0.1) is 17.9 Å². The third kappa shape index (κ3) is 4.23. The predicted octanol–water partition coefficient (Wildman–Crippen LogP) is 4.46. The van der Waals surface area contributed by atoms with Crippen LogP contribution >= 0.6 is 0 Å². The molecule has 1 aromatic carbocycles. The Morgan fingerprint density at radius 3 is 2.83 bits per heavy atom. The van der Waals surface area contributed by atoms with E-state index in [9.17, 15) is 4.39 Å². The topological polar surface area (TPSA) is 61.6 Å². The Morgan fingerprint density at radius 2 is 1.94 bits per heavy atom. The summed E-state index contributed by atoms with van der Waals surface area (Å²) in [6.07, 6.45) is 5.00. The summed E-state index contributed by atoms with van der Waals surface area (Å²) < 4.78 is 15.8. The first-order valence-electron chi connectivity index (χ1n) is 12.5. The van der Waals surface area contributed by atoms with E-state index in [0.29, 0.717) is 6.04 Å². The second-order valence-electron chi connectivity index (χ2n) is 9.38. The van der Waals surface area contributed by atoms with Crippen LogP contribution in [0.15, 0.2) is 60.8 Å². The van der Waals surface area contributed by atoms with Gasteiger partial charge in [0.25, 0.3) is 0 Å². The van der Waals surface area contributed by atoms with Gasteiger partial charge in [-0.3, -0.25) is 0 Å². The maximum absolute atomic E-state index is 13.9. The van der Waals surface area contributed by atoms with Gasteiger partial charge in [-0.1, -0.05) is 25.1 Å². The van der Waals surface area contributed by atoms with Crippen molar-refractivity contribution in [1.29, 1.82) is 0 Å². The fourth-order valence-corrected chi connectivity index (χ4v) is 5.46. The highest BCUT2D eigenvalue weighted by atomic mass is 19.1. The van der Waals surface area contributed by atoms with E-state index < -0.39 is 0 Å². The van der Waals surface area contributed by atoms with Gasteiger partial charge in [0.15, 0.2) is 5.65 Å². The third-order valence-corrected chi connectivity index (χ3v) is 7.13. The Hall–Kier alpha value is -3.52. The van der Waals surface area contributed by atoms with Crippen LogP contribution in [0.4, 0.5) is 16.0 Å². The fourth-order valence-electron chi connectivity index (χ4n) is 5.46. The number of pyridine rings is 1. The van der Waals surface area contributed by atoms with Crippen LogP contribution in [-0.2, 0) is 0 Å². The molecule has 0 radical (unpaired) electrons. The number of rotatable bonds is 6. The van der Waals surface area contributed by atoms with E-state index in [0.717, 1.165) is 79.7 Å². The number of benzene rings is 1. The molecule has 2 atom stereocenters. The van der Waals surface area contributed by atoms with Crippen LogP contribution in [0.2, 0.25) is 0 Å². The SMILES string of the molecule is CCN[C@H]1CCN(c2cccc(-c3cnc4ccc(N5CCC[C@@H]5c5cccc(F)c5)nn34)n2)C1. The molecule has 0 aliphatic carbocycles. The first kappa shape index (κ1) is 22.0. The van der Waals surface area contributed by atoms with Gasteiger partial charge >= 0.3 is 0 Å². The lowest BCUT2D eigenvalue weighted by atomic mass is 10.0. The second kappa shape index (κ2) is 9.26. The first-order chi connectivity index (χ1) is 17.2. The second-order valence-corrected chi connectivity index (χ2v) is 9.38. The monoisotopic (exact) mass is 471 g/mol. The van der Waals surface area contributed by atoms with Crippen molar-refractivity contribution < 1.29 is 4.39 Å². The number of nitrogens with zero attached hydrogens (tertiary/aromatic N) is 6. The predicted molar refractivity (Wildman–Crippen MR) is 136 cm³/mol. The Kier molecular flexibility index (Phi) is 5.82. The normalized spacial score (nSPS) is 20.3. The molecule has 0 bridgehead atoms. The van der Waals surface area contributed by atoms with Gasteiger partial charge < -0.3 is 15.1 Å². The Labute approximate surface area is 204 Å². The minimum absolute atomic E-state index is 0.115. The largest absolute Gasteiger partial charge is 0.355 e. The van der Waals surface area contributed by atoms with Crippen LogP contribution in [-0.4, -0.2) is 51.8 Å². The molecule has 2 saturated heterocycles. The number of fused-ring (bicyclic) bond motifs is 1. The summed E-state index contributed by atoms with van der Waals surface area (Å²) in [6.45, 7) is 5.99. The summed E-state index contributed by atoms with van der Waals surface area (Å²) in [5.41, 5.74) is 3.50. The molecule has 180 valence electrons. The Bertz CT molecular complexity index is 1340. The average Bonchev–Trinajstić information content (AvgIpc) is 3.63. The zero-order valence-corrected chi connectivity index (χ0v) is 19.9. The van der Waals surface area contributed by atoms with Crippen LogP contribution in [0.1, 0.15) is 37.8 Å².